The fraction of sp³-hybridized carbons (Fsp3) is 0.450. The van der Waals surface area contributed by atoms with Gasteiger partial charge in [0.1, 0.15) is 0 Å². The Kier molecular flexibility index (Phi) is 6.98. The SMILES string of the molecule is CN=C(NCc1cccc(C(=O)NC)c1)NC(C)Cc1c(C)nn(C)c1C. The van der Waals surface area contributed by atoms with Crippen LogP contribution in [-0.4, -0.2) is 41.8 Å². The van der Waals surface area contributed by atoms with Gasteiger partial charge in [-0.3, -0.25) is 14.5 Å². The minimum atomic E-state index is -0.0878. The van der Waals surface area contributed by atoms with Gasteiger partial charge in [0, 0.05) is 45.0 Å². The number of aromatic nitrogens is 2. The van der Waals surface area contributed by atoms with Gasteiger partial charge in [-0.25, -0.2) is 0 Å². The van der Waals surface area contributed by atoms with E-state index in [0.29, 0.717) is 12.1 Å². The molecule has 0 aliphatic heterocycles. The first-order valence-electron chi connectivity index (χ1n) is 9.13. The number of carbonyl (C=O) groups is 1. The first-order valence-corrected chi connectivity index (χ1v) is 9.13. The Bertz CT molecular complexity index is 824. The third-order valence-corrected chi connectivity index (χ3v) is 4.65. The van der Waals surface area contributed by atoms with Crippen LogP contribution in [0.2, 0.25) is 0 Å². The molecule has 2 aromatic rings. The molecule has 0 saturated heterocycles. The highest BCUT2D eigenvalue weighted by Crippen LogP contribution is 2.14. The monoisotopic (exact) mass is 370 g/mol. The number of hydrogen-bond acceptors (Lipinski definition) is 3. The number of nitrogens with zero attached hydrogens (tertiary/aromatic N) is 3. The van der Waals surface area contributed by atoms with Gasteiger partial charge >= 0.3 is 0 Å². The highest BCUT2D eigenvalue weighted by atomic mass is 16.1. The first-order chi connectivity index (χ1) is 12.8. The van der Waals surface area contributed by atoms with Crippen molar-refractivity contribution in [1.29, 1.82) is 0 Å². The lowest BCUT2D eigenvalue weighted by atomic mass is 10.1. The van der Waals surface area contributed by atoms with Crippen molar-refractivity contribution in [2.75, 3.05) is 14.1 Å². The molecule has 0 bridgehead atoms. The molecule has 146 valence electrons. The molecule has 0 aliphatic rings. The van der Waals surface area contributed by atoms with Crippen LogP contribution in [0.15, 0.2) is 29.3 Å². The predicted octanol–water partition coefficient (Wildman–Crippen LogP) is 1.69. The number of amides is 1. The summed E-state index contributed by atoms with van der Waals surface area (Å²) in [4.78, 5) is 16.1. The second-order valence-electron chi connectivity index (χ2n) is 6.73. The van der Waals surface area contributed by atoms with Crippen molar-refractivity contribution in [2.24, 2.45) is 12.0 Å². The summed E-state index contributed by atoms with van der Waals surface area (Å²) in [6.45, 7) is 6.85. The lowest BCUT2D eigenvalue weighted by molar-refractivity contribution is 0.0963. The van der Waals surface area contributed by atoms with Crippen molar-refractivity contribution in [3.8, 4) is 0 Å². The summed E-state index contributed by atoms with van der Waals surface area (Å²) < 4.78 is 1.92. The smallest absolute Gasteiger partial charge is 0.251 e. The molecule has 0 saturated carbocycles. The van der Waals surface area contributed by atoms with E-state index in [1.807, 2.05) is 36.9 Å². The largest absolute Gasteiger partial charge is 0.355 e. The van der Waals surface area contributed by atoms with Gasteiger partial charge in [-0.2, -0.15) is 5.10 Å². The molecule has 7 heteroatoms. The molecule has 3 N–H and O–H groups in total. The molecular weight excluding hydrogens is 340 g/mol. The van der Waals surface area contributed by atoms with E-state index in [2.05, 4.69) is 39.9 Å². The highest BCUT2D eigenvalue weighted by molar-refractivity contribution is 5.94. The number of aryl methyl sites for hydroxylation is 2. The summed E-state index contributed by atoms with van der Waals surface area (Å²) in [6.07, 6.45) is 0.873. The van der Waals surface area contributed by atoms with Crippen molar-refractivity contribution in [2.45, 2.75) is 39.8 Å². The molecule has 0 fully saturated rings. The Hall–Kier alpha value is -2.83. The van der Waals surface area contributed by atoms with Gasteiger partial charge in [0.05, 0.1) is 5.69 Å². The number of hydrogen-bond donors (Lipinski definition) is 3. The van der Waals surface area contributed by atoms with Gasteiger partial charge in [0.25, 0.3) is 5.91 Å². The molecule has 2 rings (SSSR count). The number of nitrogens with one attached hydrogen (secondary N) is 3. The maximum absolute atomic E-state index is 11.8. The third-order valence-electron chi connectivity index (χ3n) is 4.65. The van der Waals surface area contributed by atoms with Crippen LogP contribution in [0.3, 0.4) is 0 Å². The fourth-order valence-electron chi connectivity index (χ4n) is 3.05. The topological polar surface area (TPSA) is 83.3 Å². The number of benzene rings is 1. The summed E-state index contributed by atoms with van der Waals surface area (Å²) in [5, 5.41) is 13.8. The standard InChI is InChI=1S/C20H30N6O/c1-13(10-18-14(2)25-26(6)15(18)3)24-20(22-5)23-12-16-8-7-9-17(11-16)19(27)21-4/h7-9,11,13H,10,12H2,1-6H3,(H,21,27)(H2,22,23,24). The Morgan fingerprint density at radius 3 is 2.67 bits per heavy atom. The second kappa shape index (κ2) is 9.21. The van der Waals surface area contributed by atoms with E-state index in [1.165, 1.54) is 11.3 Å². The average Bonchev–Trinajstić information content (AvgIpc) is 2.90. The van der Waals surface area contributed by atoms with Gasteiger partial charge in [0.15, 0.2) is 5.96 Å². The Balaban J connectivity index is 1.95. The maximum atomic E-state index is 11.8. The average molecular weight is 371 g/mol. The Morgan fingerprint density at radius 1 is 1.33 bits per heavy atom. The summed E-state index contributed by atoms with van der Waals surface area (Å²) in [5.74, 6) is 0.641. The normalized spacial score (nSPS) is 12.6. The molecule has 1 aromatic heterocycles. The van der Waals surface area contributed by atoms with E-state index in [1.54, 1.807) is 20.2 Å². The molecule has 0 aliphatic carbocycles. The van der Waals surface area contributed by atoms with Crippen LogP contribution in [0, 0.1) is 13.8 Å². The molecule has 1 aromatic carbocycles. The van der Waals surface area contributed by atoms with E-state index in [4.69, 9.17) is 0 Å². The molecular formula is C20H30N6O. The third kappa shape index (κ3) is 5.32. The van der Waals surface area contributed by atoms with Gasteiger partial charge in [-0.05, 0) is 50.5 Å². The maximum Gasteiger partial charge on any atom is 0.251 e. The van der Waals surface area contributed by atoms with Crippen molar-refractivity contribution < 1.29 is 4.79 Å². The van der Waals surface area contributed by atoms with E-state index in [0.717, 1.165) is 23.6 Å². The molecule has 7 nitrogen and oxygen atoms in total. The summed E-state index contributed by atoms with van der Waals surface area (Å²) in [6, 6.07) is 7.75. The van der Waals surface area contributed by atoms with Crippen LogP contribution in [0.4, 0.5) is 0 Å². The van der Waals surface area contributed by atoms with Crippen LogP contribution >= 0.6 is 0 Å². The predicted molar refractivity (Wildman–Crippen MR) is 109 cm³/mol. The van der Waals surface area contributed by atoms with Crippen molar-refractivity contribution >= 4 is 11.9 Å². The quantitative estimate of drug-likeness (QED) is 0.534. The zero-order valence-corrected chi connectivity index (χ0v) is 17.1. The van der Waals surface area contributed by atoms with Crippen LogP contribution in [-0.2, 0) is 20.0 Å². The zero-order chi connectivity index (χ0) is 20.0. The molecule has 1 atom stereocenters. The number of aliphatic imine (C=N–C) groups is 1. The number of guanidine groups is 1. The molecule has 1 amide bonds. The van der Waals surface area contributed by atoms with E-state index >= 15 is 0 Å². The van der Waals surface area contributed by atoms with Crippen LogP contribution in [0.5, 0.6) is 0 Å². The Morgan fingerprint density at radius 2 is 2.07 bits per heavy atom. The number of carbonyl (C=O) groups excluding carboxylic acids is 1. The summed E-state index contributed by atoms with van der Waals surface area (Å²) >= 11 is 0. The molecule has 0 radical (unpaired) electrons. The lowest BCUT2D eigenvalue weighted by Gasteiger charge is -2.18. The van der Waals surface area contributed by atoms with Gasteiger partial charge in [-0.15, -0.1) is 0 Å². The van der Waals surface area contributed by atoms with Crippen LogP contribution in [0.25, 0.3) is 0 Å². The van der Waals surface area contributed by atoms with Crippen LogP contribution in [0.1, 0.15) is 39.8 Å². The van der Waals surface area contributed by atoms with Gasteiger partial charge < -0.3 is 16.0 Å². The first kappa shape index (κ1) is 20.5. The van der Waals surface area contributed by atoms with Crippen molar-refractivity contribution in [1.82, 2.24) is 25.7 Å². The zero-order valence-electron chi connectivity index (χ0n) is 17.1. The van der Waals surface area contributed by atoms with Gasteiger partial charge in [-0.1, -0.05) is 12.1 Å². The minimum Gasteiger partial charge on any atom is -0.355 e. The highest BCUT2D eigenvalue weighted by Gasteiger charge is 2.14. The van der Waals surface area contributed by atoms with Gasteiger partial charge in [0.2, 0.25) is 0 Å². The molecule has 27 heavy (non-hydrogen) atoms. The Labute approximate surface area is 161 Å². The second-order valence-corrected chi connectivity index (χ2v) is 6.73. The van der Waals surface area contributed by atoms with E-state index < -0.39 is 0 Å². The van der Waals surface area contributed by atoms with E-state index in [9.17, 15) is 4.79 Å². The van der Waals surface area contributed by atoms with E-state index in [-0.39, 0.29) is 11.9 Å². The molecule has 1 heterocycles. The fourth-order valence-corrected chi connectivity index (χ4v) is 3.05. The van der Waals surface area contributed by atoms with Crippen molar-refractivity contribution in [3.05, 3.63) is 52.3 Å². The molecule has 0 spiro atoms. The molecule has 1 unspecified atom stereocenters. The minimum absolute atomic E-state index is 0.0878. The summed E-state index contributed by atoms with van der Waals surface area (Å²) in [7, 11) is 5.35. The van der Waals surface area contributed by atoms with Crippen LogP contribution < -0.4 is 16.0 Å². The number of rotatable bonds is 6. The van der Waals surface area contributed by atoms with Crippen molar-refractivity contribution in [3.63, 3.8) is 0 Å². The summed E-state index contributed by atoms with van der Waals surface area (Å²) in [5.41, 5.74) is 5.19. The lowest BCUT2D eigenvalue weighted by Crippen LogP contribution is -2.42.